The smallest absolute Gasteiger partial charge is 0.139 e. The maximum atomic E-state index is 10.8. The standard InChI is InChI=1S/C36H28N3OSi.Pt/c1-41(2,35-24-26(21-22-37-35)25-11-4-3-5-12-25)28-14-10-13-27(23-28)31-20-19-30-29-15-6-7-16-32(29)39(36(30)38-31)33-17-8-9-18-34(33)40;/h3-22,24,40H,1-2H3;/q-1;. The van der Waals surface area contributed by atoms with Gasteiger partial charge in [0, 0.05) is 43.4 Å². The van der Waals surface area contributed by atoms with Crippen molar-refractivity contribution >= 4 is 40.5 Å². The van der Waals surface area contributed by atoms with E-state index < -0.39 is 8.07 Å². The maximum absolute atomic E-state index is 10.8. The molecule has 0 spiro atoms. The number of hydrogen-bond donors (Lipinski definition) is 1. The predicted molar refractivity (Wildman–Crippen MR) is 171 cm³/mol. The average molecular weight is 742 g/mol. The Morgan fingerprint density at radius 1 is 0.714 bits per heavy atom. The topological polar surface area (TPSA) is 50.9 Å². The van der Waals surface area contributed by atoms with Crippen LogP contribution in [0.25, 0.3) is 50.0 Å². The van der Waals surface area contributed by atoms with Gasteiger partial charge in [-0.25, -0.2) is 0 Å². The molecule has 0 aliphatic rings. The summed E-state index contributed by atoms with van der Waals surface area (Å²) in [7, 11) is -2.17. The summed E-state index contributed by atoms with van der Waals surface area (Å²) in [5.41, 5.74) is 6.67. The van der Waals surface area contributed by atoms with Crippen molar-refractivity contribution in [3.8, 4) is 33.8 Å². The monoisotopic (exact) mass is 741 g/mol. The Morgan fingerprint density at radius 2 is 1.48 bits per heavy atom. The zero-order chi connectivity index (χ0) is 28.0. The molecule has 0 saturated carbocycles. The van der Waals surface area contributed by atoms with Gasteiger partial charge in [0.15, 0.2) is 0 Å². The van der Waals surface area contributed by atoms with Crippen LogP contribution in [-0.4, -0.2) is 27.7 Å². The van der Waals surface area contributed by atoms with Gasteiger partial charge in [-0.15, -0.1) is 35.0 Å². The number of aromatic hydroxyl groups is 1. The van der Waals surface area contributed by atoms with Crippen molar-refractivity contribution in [2.75, 3.05) is 0 Å². The zero-order valence-corrected chi connectivity index (χ0v) is 26.5. The van der Waals surface area contributed by atoms with E-state index >= 15 is 0 Å². The van der Waals surface area contributed by atoms with Gasteiger partial charge < -0.3 is 5.11 Å². The Bertz CT molecular complexity index is 2050. The van der Waals surface area contributed by atoms with Gasteiger partial charge >= 0.3 is 0 Å². The largest absolute Gasteiger partial charge is 0.506 e. The normalized spacial score (nSPS) is 11.5. The van der Waals surface area contributed by atoms with Crippen LogP contribution in [0.2, 0.25) is 13.1 Å². The van der Waals surface area contributed by atoms with Crippen molar-refractivity contribution in [3.63, 3.8) is 0 Å². The van der Waals surface area contributed by atoms with Crippen LogP contribution in [0.3, 0.4) is 0 Å². The molecule has 0 amide bonds. The second-order valence-corrected chi connectivity index (χ2v) is 15.1. The van der Waals surface area contributed by atoms with E-state index in [0.717, 1.165) is 38.5 Å². The summed E-state index contributed by atoms with van der Waals surface area (Å²) in [5, 5.41) is 15.2. The van der Waals surface area contributed by atoms with Gasteiger partial charge in [0.1, 0.15) is 19.5 Å². The van der Waals surface area contributed by atoms with Crippen molar-refractivity contribution in [3.05, 3.63) is 134 Å². The summed E-state index contributed by atoms with van der Waals surface area (Å²) in [6, 6.07) is 44.7. The number of fused-ring (bicyclic) bond motifs is 3. The Hall–Kier alpha value is -4.31. The number of benzene rings is 4. The van der Waals surface area contributed by atoms with Crippen LogP contribution in [0.15, 0.2) is 128 Å². The first-order valence-corrected chi connectivity index (χ1v) is 16.7. The minimum atomic E-state index is -2.17. The van der Waals surface area contributed by atoms with Gasteiger partial charge in [0.2, 0.25) is 0 Å². The Balaban J connectivity index is 0.00000316. The summed E-state index contributed by atoms with van der Waals surface area (Å²) >= 11 is 0. The molecule has 208 valence electrons. The zero-order valence-electron chi connectivity index (χ0n) is 23.2. The van der Waals surface area contributed by atoms with Gasteiger partial charge in [-0.1, -0.05) is 85.9 Å². The summed E-state index contributed by atoms with van der Waals surface area (Å²) in [6.07, 6.45) is 1.92. The van der Waals surface area contributed by atoms with E-state index in [1.54, 1.807) is 6.07 Å². The summed E-state index contributed by atoms with van der Waals surface area (Å²) in [4.78, 5) is 10.0. The van der Waals surface area contributed by atoms with Gasteiger partial charge in [-0.3, -0.25) is 14.5 Å². The molecule has 0 atom stereocenters. The first-order valence-electron chi connectivity index (χ1n) is 13.7. The number of phenolic OH excluding ortho intramolecular Hbond substituents is 1. The second kappa shape index (κ2) is 11.2. The van der Waals surface area contributed by atoms with E-state index in [1.165, 1.54) is 16.3 Å². The SMILES string of the molecule is C[Si](C)(c1[c-]c(-c2ccc3c4ccccc4n(-c4ccccc4O)c3n2)ccc1)c1cc(-c2ccccc2)ccn1.[Pt]. The third-order valence-corrected chi connectivity index (χ3v) is 11.1. The van der Waals surface area contributed by atoms with Crippen molar-refractivity contribution in [2.24, 2.45) is 0 Å². The molecule has 0 radical (unpaired) electrons. The molecule has 6 heteroatoms. The molecule has 1 N–H and O–H groups in total. The first kappa shape index (κ1) is 27.8. The van der Waals surface area contributed by atoms with Gasteiger partial charge in [-0.05, 0) is 47.2 Å². The fourth-order valence-electron chi connectivity index (χ4n) is 5.59. The molecule has 0 aliphatic carbocycles. The molecule has 7 rings (SSSR count). The van der Waals surface area contributed by atoms with E-state index in [1.807, 2.05) is 47.2 Å². The molecule has 0 saturated heterocycles. The van der Waals surface area contributed by atoms with Crippen molar-refractivity contribution in [2.45, 2.75) is 13.1 Å². The number of aromatic nitrogens is 3. The third-order valence-electron chi connectivity index (χ3n) is 7.90. The Kier molecular flexibility index (Phi) is 7.40. The fraction of sp³-hybridized carbons (Fsp3) is 0.0556. The molecule has 3 heterocycles. The van der Waals surface area contributed by atoms with Crippen LogP contribution in [0, 0.1) is 6.07 Å². The molecular formula is C36H28N3OPtSi-. The average Bonchev–Trinajstić information content (AvgIpc) is 3.35. The van der Waals surface area contributed by atoms with Crippen LogP contribution >= 0.6 is 0 Å². The van der Waals surface area contributed by atoms with Crippen LogP contribution in [0.5, 0.6) is 5.75 Å². The maximum Gasteiger partial charge on any atom is 0.139 e. The van der Waals surface area contributed by atoms with Gasteiger partial charge in [0.25, 0.3) is 0 Å². The molecule has 0 aliphatic heterocycles. The molecule has 0 unspecified atom stereocenters. The quantitative estimate of drug-likeness (QED) is 0.150. The van der Waals surface area contributed by atoms with E-state index in [-0.39, 0.29) is 26.8 Å². The molecule has 42 heavy (non-hydrogen) atoms. The van der Waals surface area contributed by atoms with Crippen LogP contribution in [-0.2, 0) is 21.1 Å². The van der Waals surface area contributed by atoms with Crippen LogP contribution in [0.4, 0.5) is 0 Å². The van der Waals surface area contributed by atoms with E-state index in [0.29, 0.717) is 5.69 Å². The number of nitrogens with zero attached hydrogens (tertiary/aromatic N) is 3. The van der Waals surface area contributed by atoms with E-state index in [4.69, 9.17) is 9.97 Å². The Labute approximate surface area is 260 Å². The molecule has 4 nitrogen and oxygen atoms in total. The fourth-order valence-corrected chi connectivity index (χ4v) is 7.74. The van der Waals surface area contributed by atoms with Gasteiger partial charge in [-0.2, -0.15) is 0 Å². The number of hydrogen-bond acceptors (Lipinski definition) is 3. The van der Waals surface area contributed by atoms with Crippen molar-refractivity contribution in [1.82, 2.24) is 14.5 Å². The molecule has 4 aromatic carbocycles. The van der Waals surface area contributed by atoms with E-state index in [9.17, 15) is 5.11 Å². The summed E-state index contributed by atoms with van der Waals surface area (Å²) in [5.74, 6) is 0.217. The van der Waals surface area contributed by atoms with Crippen LogP contribution in [0.1, 0.15) is 0 Å². The molecule has 0 bridgehead atoms. The molecule has 0 fully saturated rings. The van der Waals surface area contributed by atoms with Gasteiger partial charge in [0.05, 0.1) is 11.2 Å². The predicted octanol–water partition coefficient (Wildman–Crippen LogP) is 7.23. The summed E-state index contributed by atoms with van der Waals surface area (Å²) < 4.78 is 2.05. The molecular weight excluding hydrogens is 714 g/mol. The first-order chi connectivity index (χ1) is 20.0. The minimum absolute atomic E-state index is 0. The minimum Gasteiger partial charge on any atom is -0.506 e. The number of para-hydroxylation sites is 3. The number of pyridine rings is 2. The molecule has 7 aromatic rings. The van der Waals surface area contributed by atoms with Crippen molar-refractivity contribution < 1.29 is 26.2 Å². The second-order valence-electron chi connectivity index (χ2n) is 10.8. The van der Waals surface area contributed by atoms with Crippen LogP contribution < -0.4 is 10.5 Å². The van der Waals surface area contributed by atoms with Crippen molar-refractivity contribution in [1.29, 1.82) is 0 Å². The third kappa shape index (κ3) is 4.79. The van der Waals surface area contributed by atoms with E-state index in [2.05, 4.69) is 98.0 Å². The summed E-state index contributed by atoms with van der Waals surface area (Å²) in [6.45, 7) is 4.65. The molecule has 3 aromatic heterocycles. The number of phenols is 1. The number of rotatable bonds is 5. The Morgan fingerprint density at radius 3 is 2.31 bits per heavy atom.